The molecule has 0 aromatic heterocycles. The third-order valence-corrected chi connectivity index (χ3v) is 1.46. The first-order valence-corrected chi connectivity index (χ1v) is 3.53. The smallest absolute Gasteiger partial charge is 0.739 e. The van der Waals surface area contributed by atoms with E-state index in [-0.39, 0.29) is 64.9 Å². The van der Waals surface area contributed by atoms with Crippen molar-refractivity contribution in [1.82, 2.24) is 10.6 Å². The van der Waals surface area contributed by atoms with E-state index in [4.69, 9.17) is 0 Å². The Balaban J connectivity index is 0. The Hall–Kier alpha value is -0.260. The topological polar surface area (TPSA) is 147 Å². The predicted octanol–water partition coefficient (Wildman–Crippen LogP) is -6.77. The summed E-state index contributed by atoms with van der Waals surface area (Å²) in [5.74, 6) is -0.860. The zero-order chi connectivity index (χ0) is 10.6. The molecule has 0 radical (unpaired) electrons. The maximum absolute atomic E-state index is 10.8. The molecule has 1 saturated heterocycles. The molecule has 0 amide bonds. The first-order chi connectivity index (χ1) is 6.70. The minimum absolute atomic E-state index is 0. The second kappa shape index (κ2) is 8.84. The van der Waals surface area contributed by atoms with Gasteiger partial charge >= 0.3 is 64.9 Å². The standard InChI is InChI=1S/C4H8N6O4.2Na/c11-7-9(13)4(10(14)8-12)3-5-1-2-6-3;;/h5-6,11-12H,1-2H2;;/q;2*+1/p-2/b9-7-,10-8-;;. The van der Waals surface area contributed by atoms with Gasteiger partial charge in [-0.15, -0.1) is 0 Å². The quantitative estimate of drug-likeness (QED) is 0.215. The van der Waals surface area contributed by atoms with Gasteiger partial charge in [0.15, 0.2) is 0 Å². The van der Waals surface area contributed by atoms with Crippen molar-refractivity contribution in [3.63, 3.8) is 0 Å². The van der Waals surface area contributed by atoms with Crippen LogP contribution in [0, 0.1) is 20.8 Å². The Morgan fingerprint density at radius 3 is 1.69 bits per heavy atom. The van der Waals surface area contributed by atoms with Crippen LogP contribution in [0.25, 0.3) is 0 Å². The number of hydrogen-bond donors (Lipinski definition) is 2. The van der Waals surface area contributed by atoms with E-state index in [0.29, 0.717) is 13.1 Å². The minimum atomic E-state index is -0.812. The summed E-state index contributed by atoms with van der Waals surface area (Å²) in [5.41, 5.74) is 0. The van der Waals surface area contributed by atoms with E-state index in [2.05, 4.69) is 10.6 Å². The molecule has 1 rings (SSSR count). The molecule has 0 spiro atoms. The van der Waals surface area contributed by atoms with E-state index in [1.165, 1.54) is 0 Å². The Morgan fingerprint density at radius 2 is 1.38 bits per heavy atom. The molecule has 0 saturated carbocycles. The van der Waals surface area contributed by atoms with E-state index < -0.39 is 15.5 Å². The van der Waals surface area contributed by atoms with Crippen molar-refractivity contribution in [2.75, 3.05) is 13.1 Å². The Kier molecular flexibility index (Phi) is 10.0. The summed E-state index contributed by atoms with van der Waals surface area (Å²) >= 11 is 0. The largest absolute Gasteiger partial charge is 1.00 e. The van der Waals surface area contributed by atoms with Gasteiger partial charge in [0.05, 0.1) is 0 Å². The molecule has 0 atom stereocenters. The van der Waals surface area contributed by atoms with Crippen LogP contribution >= 0.6 is 0 Å². The number of nitrogens with zero attached hydrogens (tertiary/aromatic N) is 4. The number of nitrogens with one attached hydrogen (secondary N) is 2. The molecule has 1 aliphatic rings. The van der Waals surface area contributed by atoms with Crippen molar-refractivity contribution in [1.29, 1.82) is 0 Å². The fourth-order valence-electron chi connectivity index (χ4n) is 0.937. The van der Waals surface area contributed by atoms with E-state index in [9.17, 15) is 20.8 Å². The number of hydrogen-bond acceptors (Lipinski definition) is 8. The summed E-state index contributed by atoms with van der Waals surface area (Å²) < 4.78 is 0. The van der Waals surface area contributed by atoms with Crippen LogP contribution in [0.2, 0.25) is 0 Å². The van der Waals surface area contributed by atoms with Crippen molar-refractivity contribution in [2.24, 2.45) is 10.6 Å². The molecule has 78 valence electrons. The van der Waals surface area contributed by atoms with Crippen LogP contribution in [0.5, 0.6) is 0 Å². The van der Waals surface area contributed by atoms with Gasteiger partial charge in [-0.3, -0.25) is 0 Å². The zero-order valence-corrected chi connectivity index (χ0v) is 12.8. The molecule has 1 heterocycles. The second-order valence-electron chi connectivity index (χ2n) is 2.26. The van der Waals surface area contributed by atoms with Gasteiger partial charge in [0.1, 0.15) is 0 Å². The summed E-state index contributed by atoms with van der Waals surface area (Å²) in [4.78, 5) is -1.07. The van der Waals surface area contributed by atoms with E-state index >= 15 is 0 Å². The monoisotopic (exact) mass is 248 g/mol. The normalized spacial score (nSPS) is 15.4. The van der Waals surface area contributed by atoms with Crippen molar-refractivity contribution in [3.8, 4) is 0 Å². The molecule has 12 heteroatoms. The fourth-order valence-corrected chi connectivity index (χ4v) is 0.937. The third kappa shape index (κ3) is 4.31. The van der Waals surface area contributed by atoms with Gasteiger partial charge in [0.2, 0.25) is 0 Å². The van der Waals surface area contributed by atoms with Crippen LogP contribution in [0.4, 0.5) is 0 Å². The summed E-state index contributed by atoms with van der Waals surface area (Å²) in [6.07, 6.45) is 0. The fraction of sp³-hybridized carbons (Fsp3) is 0.500. The van der Waals surface area contributed by atoms with Crippen molar-refractivity contribution < 1.29 is 68.8 Å². The molecular formula is C4H6N6Na2O4. The van der Waals surface area contributed by atoms with Crippen molar-refractivity contribution in [2.45, 2.75) is 0 Å². The minimum Gasteiger partial charge on any atom is -0.739 e. The molecule has 2 N–H and O–H groups in total. The SMILES string of the molecule is [Na+].[Na+].[O-]/N=[N+](\[O-])C(=C1NCCN1)/[N+]([O-])=N/[O-]. The van der Waals surface area contributed by atoms with Crippen LogP contribution in [0.1, 0.15) is 0 Å². The molecule has 0 bridgehead atoms. The van der Waals surface area contributed by atoms with Gasteiger partial charge in [-0.25, -0.2) is 0 Å². The summed E-state index contributed by atoms with van der Waals surface area (Å²) in [7, 11) is 0. The van der Waals surface area contributed by atoms with Crippen LogP contribution in [-0.4, -0.2) is 22.8 Å². The van der Waals surface area contributed by atoms with Crippen LogP contribution < -0.4 is 69.7 Å². The first-order valence-electron chi connectivity index (χ1n) is 3.53. The summed E-state index contributed by atoms with van der Waals surface area (Å²) in [6, 6.07) is 0. The van der Waals surface area contributed by atoms with Crippen molar-refractivity contribution in [3.05, 3.63) is 32.5 Å². The number of rotatable bonds is 2. The maximum atomic E-state index is 10.8. The molecular weight excluding hydrogens is 242 g/mol. The molecule has 0 aromatic carbocycles. The van der Waals surface area contributed by atoms with Gasteiger partial charge < -0.3 is 31.5 Å². The molecule has 16 heavy (non-hydrogen) atoms. The number of hydroxylamine groups is 2. The maximum Gasteiger partial charge on any atom is 1.00 e. The van der Waals surface area contributed by atoms with Crippen molar-refractivity contribution >= 4 is 0 Å². The average molecular weight is 248 g/mol. The zero-order valence-electron chi connectivity index (χ0n) is 8.84. The molecule has 10 nitrogen and oxygen atoms in total. The van der Waals surface area contributed by atoms with Gasteiger partial charge in [-0.05, 0) is 10.6 Å². The van der Waals surface area contributed by atoms with Crippen LogP contribution in [-0.2, 0) is 0 Å². The molecule has 0 aliphatic carbocycles. The van der Waals surface area contributed by atoms with E-state index in [1.54, 1.807) is 0 Å². The Bertz CT molecular complexity index is 290. The summed E-state index contributed by atoms with van der Waals surface area (Å²) in [5, 5.41) is 50.3. The van der Waals surface area contributed by atoms with Crippen LogP contribution in [0.15, 0.2) is 22.2 Å². The molecule has 0 unspecified atom stereocenters. The third-order valence-electron chi connectivity index (χ3n) is 1.46. The average Bonchev–Trinajstić information content (AvgIpc) is 2.70. The Morgan fingerprint density at radius 1 is 1.00 bits per heavy atom. The predicted molar refractivity (Wildman–Crippen MR) is 41.9 cm³/mol. The Labute approximate surface area is 134 Å². The van der Waals surface area contributed by atoms with Gasteiger partial charge in [0, 0.05) is 22.8 Å². The van der Waals surface area contributed by atoms with E-state index in [1.807, 2.05) is 10.6 Å². The van der Waals surface area contributed by atoms with Gasteiger partial charge in [0.25, 0.3) is 5.82 Å². The van der Waals surface area contributed by atoms with Gasteiger partial charge in [-0.1, -0.05) is 0 Å². The van der Waals surface area contributed by atoms with Crippen LogP contribution in [0.3, 0.4) is 0 Å². The molecule has 0 aromatic rings. The first kappa shape index (κ1) is 18.1. The summed E-state index contributed by atoms with van der Waals surface area (Å²) in [6.45, 7) is 0.913. The van der Waals surface area contributed by atoms with Gasteiger partial charge in [-0.2, -0.15) is 0 Å². The van der Waals surface area contributed by atoms with E-state index in [0.717, 1.165) is 0 Å². The second-order valence-corrected chi connectivity index (χ2v) is 2.26. The molecule has 1 aliphatic heterocycles. The molecule has 1 fully saturated rings.